The summed E-state index contributed by atoms with van der Waals surface area (Å²) in [6.07, 6.45) is -0.425. The monoisotopic (exact) mass is 564 g/mol. The molecule has 0 amide bonds. The normalized spacial score (nSPS) is 15.5. The van der Waals surface area contributed by atoms with Crippen molar-refractivity contribution in [1.29, 1.82) is 0 Å². The van der Waals surface area contributed by atoms with E-state index in [1.54, 1.807) is 25.1 Å². The number of aromatic carboxylic acids is 1. The number of hydrogen-bond acceptors (Lipinski definition) is 6. The first-order valence-electron chi connectivity index (χ1n) is 14.1. The van der Waals surface area contributed by atoms with Crippen molar-refractivity contribution in [3.8, 4) is 11.1 Å². The summed E-state index contributed by atoms with van der Waals surface area (Å²) in [5, 5.41) is 23.9. The van der Waals surface area contributed by atoms with E-state index < -0.39 is 12.1 Å². The van der Waals surface area contributed by atoms with Crippen LogP contribution in [0.5, 0.6) is 0 Å². The third-order valence-corrected chi connectivity index (χ3v) is 7.53. The second-order valence-corrected chi connectivity index (χ2v) is 11.4. The zero-order valence-electron chi connectivity index (χ0n) is 24.3. The van der Waals surface area contributed by atoms with Gasteiger partial charge in [-0.3, -0.25) is 0 Å². The fraction of sp³-hybridized carbons (Fsp3) is 0.424. The number of aliphatic hydroxyl groups is 1. The van der Waals surface area contributed by atoms with Gasteiger partial charge in [-0.15, -0.1) is 0 Å². The highest BCUT2D eigenvalue weighted by atomic mass is 19.1. The van der Waals surface area contributed by atoms with E-state index in [9.17, 15) is 19.4 Å². The van der Waals surface area contributed by atoms with Crippen LogP contribution in [0.3, 0.4) is 0 Å². The third-order valence-electron chi connectivity index (χ3n) is 7.53. The highest BCUT2D eigenvalue weighted by molar-refractivity contribution is 5.96. The Balaban J connectivity index is 1.40. The van der Waals surface area contributed by atoms with Crippen LogP contribution < -0.4 is 10.2 Å². The minimum absolute atomic E-state index is 0.134. The van der Waals surface area contributed by atoms with Crippen molar-refractivity contribution in [2.24, 2.45) is 0 Å². The van der Waals surface area contributed by atoms with Gasteiger partial charge in [0.1, 0.15) is 5.82 Å². The van der Waals surface area contributed by atoms with Gasteiger partial charge in [-0.1, -0.05) is 42.5 Å². The van der Waals surface area contributed by atoms with Crippen LogP contribution in [0.15, 0.2) is 60.7 Å². The molecule has 3 aromatic rings. The zero-order valence-corrected chi connectivity index (χ0v) is 24.3. The first-order chi connectivity index (χ1) is 19.5. The van der Waals surface area contributed by atoms with Crippen LogP contribution in [0.4, 0.5) is 10.1 Å². The number of carbonyl (C=O) groups is 1. The largest absolute Gasteiger partial charge is 0.478 e. The van der Waals surface area contributed by atoms with Gasteiger partial charge >= 0.3 is 5.97 Å². The number of rotatable bonds is 12. The van der Waals surface area contributed by atoms with Crippen molar-refractivity contribution in [3.05, 3.63) is 88.7 Å². The Bertz CT molecular complexity index is 1340. The van der Waals surface area contributed by atoms with Gasteiger partial charge < -0.3 is 29.9 Å². The topological polar surface area (TPSA) is 91.3 Å². The highest BCUT2D eigenvalue weighted by Gasteiger charge is 2.23. The molecule has 0 bridgehead atoms. The maximum Gasteiger partial charge on any atom is 0.337 e. The zero-order chi connectivity index (χ0) is 29.6. The number of aliphatic hydroxyl groups excluding tert-OH is 1. The molecule has 220 valence electrons. The molecule has 1 aliphatic rings. The quantitative estimate of drug-likeness (QED) is 0.272. The second kappa shape index (κ2) is 13.6. The molecule has 7 nitrogen and oxygen atoms in total. The molecular weight excluding hydrogens is 523 g/mol. The number of carboxylic acids is 1. The molecule has 1 aliphatic heterocycles. The first-order valence-corrected chi connectivity index (χ1v) is 14.1. The van der Waals surface area contributed by atoms with E-state index in [2.05, 4.69) is 10.2 Å². The van der Waals surface area contributed by atoms with Crippen molar-refractivity contribution in [1.82, 2.24) is 5.32 Å². The van der Waals surface area contributed by atoms with Gasteiger partial charge in [-0.2, -0.15) is 0 Å². The number of halogens is 1. The average molecular weight is 565 g/mol. The lowest BCUT2D eigenvalue weighted by Crippen LogP contribution is -2.46. The Morgan fingerprint density at radius 2 is 1.85 bits per heavy atom. The number of aryl methyl sites for hydroxylation is 1. The van der Waals surface area contributed by atoms with Crippen molar-refractivity contribution >= 4 is 11.7 Å². The van der Waals surface area contributed by atoms with Crippen molar-refractivity contribution in [2.75, 3.05) is 44.4 Å². The van der Waals surface area contributed by atoms with Crippen LogP contribution in [-0.4, -0.2) is 67.3 Å². The van der Waals surface area contributed by atoms with E-state index in [0.29, 0.717) is 50.5 Å². The summed E-state index contributed by atoms with van der Waals surface area (Å²) in [5.74, 6) is -1.17. The summed E-state index contributed by atoms with van der Waals surface area (Å²) in [6.45, 7) is 10.6. The van der Waals surface area contributed by atoms with Crippen molar-refractivity contribution in [3.63, 3.8) is 0 Å². The van der Waals surface area contributed by atoms with E-state index in [0.717, 1.165) is 22.3 Å². The van der Waals surface area contributed by atoms with Gasteiger partial charge in [0.05, 0.1) is 43.3 Å². The van der Waals surface area contributed by atoms with Crippen LogP contribution in [0.1, 0.15) is 53.9 Å². The molecule has 1 unspecified atom stereocenters. The van der Waals surface area contributed by atoms with Crippen LogP contribution in [-0.2, 0) is 15.9 Å². The van der Waals surface area contributed by atoms with Gasteiger partial charge in [0.25, 0.3) is 0 Å². The summed E-state index contributed by atoms with van der Waals surface area (Å²) < 4.78 is 25.5. The predicted octanol–water partition coefficient (Wildman–Crippen LogP) is 5.39. The molecule has 2 atom stereocenters. The lowest BCUT2D eigenvalue weighted by atomic mass is 9.94. The molecule has 1 saturated heterocycles. The molecule has 1 fully saturated rings. The van der Waals surface area contributed by atoms with E-state index in [-0.39, 0.29) is 29.6 Å². The van der Waals surface area contributed by atoms with Crippen molar-refractivity contribution < 1.29 is 28.9 Å². The summed E-state index contributed by atoms with van der Waals surface area (Å²) in [4.78, 5) is 14.0. The van der Waals surface area contributed by atoms with Crippen LogP contribution in [0, 0.1) is 12.7 Å². The number of nitrogens with zero attached hydrogens (tertiary/aromatic N) is 1. The Hall–Kier alpha value is -3.30. The average Bonchev–Trinajstić information content (AvgIpc) is 2.96. The Morgan fingerprint density at radius 3 is 2.56 bits per heavy atom. The van der Waals surface area contributed by atoms with Gasteiger partial charge in [0.2, 0.25) is 0 Å². The summed E-state index contributed by atoms with van der Waals surface area (Å²) in [6, 6.07) is 18.6. The van der Waals surface area contributed by atoms with Gasteiger partial charge in [0, 0.05) is 25.2 Å². The maximum absolute atomic E-state index is 14.0. The molecule has 0 spiro atoms. The predicted molar refractivity (Wildman–Crippen MR) is 159 cm³/mol. The highest BCUT2D eigenvalue weighted by Crippen LogP contribution is 2.34. The summed E-state index contributed by atoms with van der Waals surface area (Å²) >= 11 is 0. The molecule has 4 rings (SSSR count). The number of nitrogens with one attached hydrogen (secondary N) is 1. The SMILES string of the molecule is Cc1ccc(CC(C)(C)NC[C@@H](O)COC(C)c2ccccc2-c2ccc(C(=O)O)c(N3CCOCC3)c2)cc1F. The molecule has 3 N–H and O–H groups in total. The van der Waals surface area contributed by atoms with E-state index >= 15 is 0 Å². The Labute approximate surface area is 241 Å². The van der Waals surface area contributed by atoms with Gasteiger partial charge in [0.15, 0.2) is 0 Å². The van der Waals surface area contributed by atoms with E-state index in [1.807, 2.05) is 63.2 Å². The van der Waals surface area contributed by atoms with Gasteiger partial charge in [-0.25, -0.2) is 9.18 Å². The molecule has 1 heterocycles. The smallest absolute Gasteiger partial charge is 0.337 e. The minimum atomic E-state index is -0.958. The standard InChI is InChI=1S/C33H41FN2O5/c1-22-9-10-24(17-30(22)34)19-33(3,4)35-20-26(37)21-41-23(2)27-7-5-6-8-28(27)25-11-12-29(32(38)39)31(18-25)36-13-15-40-16-14-36/h5-12,17-18,23,26,35,37H,13-16,19-21H2,1-4H3,(H,38,39)/t23?,26-/m1/s1. The van der Waals surface area contributed by atoms with Crippen LogP contribution in [0.2, 0.25) is 0 Å². The molecule has 0 saturated carbocycles. The molecule has 8 heteroatoms. The first kappa shape index (κ1) is 30.7. The third kappa shape index (κ3) is 8.14. The maximum atomic E-state index is 14.0. The number of benzene rings is 3. The lowest BCUT2D eigenvalue weighted by Gasteiger charge is -2.30. The van der Waals surface area contributed by atoms with Gasteiger partial charge in [-0.05, 0) is 80.1 Å². The number of carboxylic acid groups (broad SMARTS) is 1. The second-order valence-electron chi connectivity index (χ2n) is 11.4. The molecule has 0 radical (unpaired) electrons. The number of β-amino-alcohol motifs (C(OH)–C–C–N with tert-alkyl or cyclic N) is 1. The van der Waals surface area contributed by atoms with Crippen molar-refractivity contribution in [2.45, 2.75) is 51.9 Å². The molecular formula is C33H41FN2O5. The molecule has 0 aliphatic carbocycles. The fourth-order valence-electron chi connectivity index (χ4n) is 5.18. The Kier molecular flexibility index (Phi) is 10.1. The number of hydrogen-bond donors (Lipinski definition) is 3. The summed E-state index contributed by atoms with van der Waals surface area (Å²) in [7, 11) is 0. The van der Waals surface area contributed by atoms with E-state index in [1.165, 1.54) is 0 Å². The summed E-state index contributed by atoms with van der Waals surface area (Å²) in [5.41, 5.74) is 4.92. The molecule has 3 aromatic carbocycles. The molecule has 0 aromatic heterocycles. The Morgan fingerprint density at radius 1 is 1.12 bits per heavy atom. The fourth-order valence-corrected chi connectivity index (χ4v) is 5.18. The number of morpholine rings is 1. The molecule has 41 heavy (non-hydrogen) atoms. The minimum Gasteiger partial charge on any atom is -0.478 e. The van der Waals surface area contributed by atoms with Crippen LogP contribution in [0.25, 0.3) is 11.1 Å². The number of anilines is 1. The van der Waals surface area contributed by atoms with Crippen LogP contribution >= 0.6 is 0 Å². The lowest BCUT2D eigenvalue weighted by molar-refractivity contribution is -0.00397. The number of ether oxygens (including phenoxy) is 2. The van der Waals surface area contributed by atoms with E-state index in [4.69, 9.17) is 9.47 Å².